The maximum absolute atomic E-state index is 12.9. The molecule has 1 aromatic rings. The number of ether oxygens (including phenoxy) is 1. The van der Waals surface area contributed by atoms with Crippen molar-refractivity contribution in [3.8, 4) is 0 Å². The highest BCUT2D eigenvalue weighted by molar-refractivity contribution is 5.97. The number of hydrogen-bond acceptors (Lipinski definition) is 6. The number of nitro groups is 1. The summed E-state index contributed by atoms with van der Waals surface area (Å²) in [6, 6.07) is 5.59. The van der Waals surface area contributed by atoms with Gasteiger partial charge in [0.2, 0.25) is 5.91 Å². The highest BCUT2D eigenvalue weighted by Gasteiger charge is 2.31. The minimum atomic E-state index is -0.513. The molecule has 0 heterocycles. The molecule has 0 spiro atoms. The molecule has 146 valence electrons. The molecule has 0 atom stereocenters. The summed E-state index contributed by atoms with van der Waals surface area (Å²) in [6.07, 6.45) is 3.81. The molecule has 1 amide bonds. The number of non-ortho nitro benzene ring substituents is 1. The third kappa shape index (κ3) is 5.60. The van der Waals surface area contributed by atoms with E-state index in [2.05, 4.69) is 0 Å². The molecular weight excluding hydrogens is 352 g/mol. The Morgan fingerprint density at radius 2 is 1.85 bits per heavy atom. The van der Waals surface area contributed by atoms with Crippen molar-refractivity contribution >= 4 is 29.5 Å². The van der Waals surface area contributed by atoms with Crippen LogP contribution in [-0.2, 0) is 19.1 Å². The molecule has 0 unspecified atom stereocenters. The average molecular weight is 376 g/mol. The van der Waals surface area contributed by atoms with Crippen LogP contribution in [0.15, 0.2) is 24.3 Å². The van der Waals surface area contributed by atoms with Crippen molar-refractivity contribution in [2.45, 2.75) is 39.0 Å². The Morgan fingerprint density at radius 3 is 2.37 bits per heavy atom. The maximum Gasteiger partial charge on any atom is 0.306 e. The lowest BCUT2D eigenvalue weighted by atomic mass is 9.80. The lowest BCUT2D eigenvalue weighted by molar-refractivity contribution is -0.384. The third-order valence-electron chi connectivity index (χ3n) is 4.85. The van der Waals surface area contributed by atoms with E-state index in [1.165, 1.54) is 29.2 Å². The van der Waals surface area contributed by atoms with Gasteiger partial charge in [-0.25, -0.2) is 0 Å². The summed E-state index contributed by atoms with van der Waals surface area (Å²) in [5.41, 5.74) is 0.392. The van der Waals surface area contributed by atoms with E-state index in [-0.39, 0.29) is 35.9 Å². The van der Waals surface area contributed by atoms with Crippen LogP contribution in [0.4, 0.5) is 11.4 Å². The van der Waals surface area contributed by atoms with Crippen LogP contribution in [0.1, 0.15) is 39.0 Å². The van der Waals surface area contributed by atoms with E-state index < -0.39 is 4.92 Å². The number of amides is 1. The number of carbonyl (C=O) groups excluding carboxylic acids is 3. The van der Waals surface area contributed by atoms with Gasteiger partial charge >= 0.3 is 5.97 Å². The van der Waals surface area contributed by atoms with Crippen LogP contribution in [0.3, 0.4) is 0 Å². The normalized spacial score (nSPS) is 19.1. The predicted molar refractivity (Wildman–Crippen MR) is 98.2 cm³/mol. The van der Waals surface area contributed by atoms with E-state index >= 15 is 0 Å². The largest absolute Gasteiger partial charge is 0.466 e. The molecule has 0 N–H and O–H groups in total. The highest BCUT2D eigenvalue weighted by atomic mass is 16.6. The first-order chi connectivity index (χ1) is 13.0. The molecule has 1 saturated carbocycles. The second-order valence-corrected chi connectivity index (χ2v) is 6.62. The fourth-order valence-corrected chi connectivity index (χ4v) is 3.44. The second kappa shape index (κ2) is 9.80. The summed E-state index contributed by atoms with van der Waals surface area (Å²) in [5.74, 6) is -0.378. The fraction of sp³-hybridized carbons (Fsp3) is 0.526. The van der Waals surface area contributed by atoms with Gasteiger partial charge in [0, 0.05) is 30.2 Å². The molecule has 0 bridgehead atoms. The Labute approximate surface area is 157 Å². The average Bonchev–Trinajstić information content (AvgIpc) is 2.66. The summed E-state index contributed by atoms with van der Waals surface area (Å²) in [6.45, 7) is 2.04. The topological polar surface area (TPSA) is 107 Å². The van der Waals surface area contributed by atoms with Gasteiger partial charge in [-0.05, 0) is 50.7 Å². The zero-order valence-electron chi connectivity index (χ0n) is 15.3. The smallest absolute Gasteiger partial charge is 0.306 e. The van der Waals surface area contributed by atoms with Crippen LogP contribution in [0.2, 0.25) is 0 Å². The standard InChI is InChI=1S/C19H24N2O6/c1-2-27-18(23)13-14-3-5-15(6-4-14)19(24)20(11-12-22)16-7-9-17(10-8-16)21(25)26/h7-10,12,14-15H,2-6,11,13H2,1H3. The van der Waals surface area contributed by atoms with Gasteiger partial charge in [0.05, 0.1) is 18.1 Å². The maximum atomic E-state index is 12.9. The lowest BCUT2D eigenvalue weighted by Gasteiger charge is -2.31. The van der Waals surface area contributed by atoms with Gasteiger partial charge in [-0.1, -0.05) is 0 Å². The van der Waals surface area contributed by atoms with Crippen molar-refractivity contribution < 1.29 is 24.0 Å². The van der Waals surface area contributed by atoms with Crippen LogP contribution >= 0.6 is 0 Å². The number of anilines is 1. The molecule has 0 radical (unpaired) electrons. The van der Waals surface area contributed by atoms with Gasteiger partial charge in [0.15, 0.2) is 0 Å². The van der Waals surface area contributed by atoms with Crippen molar-refractivity contribution in [1.82, 2.24) is 0 Å². The van der Waals surface area contributed by atoms with Crippen molar-refractivity contribution in [2.75, 3.05) is 18.1 Å². The molecule has 0 saturated heterocycles. The van der Waals surface area contributed by atoms with Crippen LogP contribution in [0, 0.1) is 22.0 Å². The molecular formula is C19H24N2O6. The zero-order valence-corrected chi connectivity index (χ0v) is 15.3. The number of nitro benzene ring substituents is 1. The number of esters is 1. The van der Waals surface area contributed by atoms with E-state index in [0.29, 0.717) is 37.8 Å². The van der Waals surface area contributed by atoms with E-state index in [4.69, 9.17) is 4.74 Å². The van der Waals surface area contributed by atoms with Gasteiger partial charge in [0.1, 0.15) is 6.29 Å². The van der Waals surface area contributed by atoms with E-state index in [0.717, 1.165) is 12.8 Å². The molecule has 2 rings (SSSR count). The van der Waals surface area contributed by atoms with Gasteiger partial charge in [-0.3, -0.25) is 19.7 Å². The Balaban J connectivity index is 2.00. The Kier molecular flexibility index (Phi) is 7.45. The number of aldehydes is 1. The lowest BCUT2D eigenvalue weighted by Crippen LogP contribution is -2.39. The molecule has 1 aliphatic carbocycles. The van der Waals surface area contributed by atoms with E-state index in [1.807, 2.05) is 0 Å². The van der Waals surface area contributed by atoms with Crippen molar-refractivity contribution in [3.63, 3.8) is 0 Å². The minimum Gasteiger partial charge on any atom is -0.466 e. The van der Waals surface area contributed by atoms with E-state index in [9.17, 15) is 24.5 Å². The molecule has 27 heavy (non-hydrogen) atoms. The number of rotatable bonds is 8. The number of benzene rings is 1. The second-order valence-electron chi connectivity index (χ2n) is 6.62. The Morgan fingerprint density at radius 1 is 1.22 bits per heavy atom. The molecule has 1 fully saturated rings. The Bertz CT molecular complexity index is 680. The molecule has 0 aliphatic heterocycles. The fourth-order valence-electron chi connectivity index (χ4n) is 3.44. The summed E-state index contributed by atoms with van der Waals surface area (Å²) in [4.78, 5) is 47.1. The molecule has 0 aromatic heterocycles. The molecule has 8 nitrogen and oxygen atoms in total. The van der Waals surface area contributed by atoms with Crippen molar-refractivity contribution in [1.29, 1.82) is 0 Å². The molecule has 1 aromatic carbocycles. The van der Waals surface area contributed by atoms with Gasteiger partial charge in [-0.15, -0.1) is 0 Å². The summed E-state index contributed by atoms with van der Waals surface area (Å²) >= 11 is 0. The van der Waals surface area contributed by atoms with Gasteiger partial charge < -0.3 is 14.4 Å². The summed E-state index contributed by atoms with van der Waals surface area (Å²) in [5, 5.41) is 10.8. The van der Waals surface area contributed by atoms with E-state index in [1.54, 1.807) is 6.92 Å². The minimum absolute atomic E-state index is 0.0725. The predicted octanol–water partition coefficient (Wildman–Crippen LogP) is 2.89. The quantitative estimate of drug-likeness (QED) is 0.299. The highest BCUT2D eigenvalue weighted by Crippen LogP contribution is 2.33. The van der Waals surface area contributed by atoms with Crippen molar-refractivity contribution in [3.05, 3.63) is 34.4 Å². The Hall–Kier alpha value is -2.77. The van der Waals surface area contributed by atoms with Crippen LogP contribution in [0.25, 0.3) is 0 Å². The van der Waals surface area contributed by atoms with Gasteiger partial charge in [-0.2, -0.15) is 0 Å². The third-order valence-corrected chi connectivity index (χ3v) is 4.85. The van der Waals surface area contributed by atoms with Crippen LogP contribution in [0.5, 0.6) is 0 Å². The number of hydrogen-bond donors (Lipinski definition) is 0. The van der Waals surface area contributed by atoms with Crippen molar-refractivity contribution in [2.24, 2.45) is 11.8 Å². The SMILES string of the molecule is CCOC(=O)CC1CCC(C(=O)N(CC=O)c2ccc([N+](=O)[O-])cc2)CC1. The monoisotopic (exact) mass is 376 g/mol. The van der Waals surface area contributed by atoms with Crippen LogP contribution in [-0.4, -0.2) is 36.2 Å². The van der Waals surface area contributed by atoms with Crippen LogP contribution < -0.4 is 4.90 Å². The summed E-state index contributed by atoms with van der Waals surface area (Å²) < 4.78 is 4.97. The first-order valence-corrected chi connectivity index (χ1v) is 9.11. The molecule has 1 aliphatic rings. The van der Waals surface area contributed by atoms with Gasteiger partial charge in [0.25, 0.3) is 5.69 Å². The number of carbonyl (C=O) groups is 3. The number of nitrogens with zero attached hydrogens (tertiary/aromatic N) is 2. The summed E-state index contributed by atoms with van der Waals surface area (Å²) in [7, 11) is 0. The zero-order chi connectivity index (χ0) is 19.8. The first-order valence-electron chi connectivity index (χ1n) is 9.11. The molecule has 8 heteroatoms. The first kappa shape index (κ1) is 20.5.